The van der Waals surface area contributed by atoms with Crippen LogP contribution in [0.5, 0.6) is 5.75 Å². The first-order chi connectivity index (χ1) is 8.70. The number of nitrogens with zero attached hydrogens (tertiary/aromatic N) is 1. The second-order valence-corrected chi connectivity index (χ2v) is 4.45. The summed E-state index contributed by atoms with van der Waals surface area (Å²) >= 11 is 0. The molecule has 0 saturated carbocycles. The Hall–Kier alpha value is -1.62. The van der Waals surface area contributed by atoms with Crippen molar-refractivity contribution in [3.63, 3.8) is 0 Å². The molecule has 0 aromatic carbocycles. The van der Waals surface area contributed by atoms with Crippen LogP contribution in [0.4, 0.5) is 0 Å². The van der Waals surface area contributed by atoms with Crippen molar-refractivity contribution in [1.29, 1.82) is 0 Å². The summed E-state index contributed by atoms with van der Waals surface area (Å²) in [5, 5.41) is 3.31. The molecule has 1 aromatic rings. The monoisotopic (exact) mass is 250 g/mol. The fraction of sp³-hybridized carbons (Fsp3) is 0.538. The van der Waals surface area contributed by atoms with Crippen molar-refractivity contribution in [2.75, 3.05) is 20.2 Å². The Bertz CT molecular complexity index is 399. The number of hydrogen-bond acceptors (Lipinski definition) is 5. The Kier molecular flexibility index (Phi) is 4.15. The Balaban J connectivity index is 1.95. The van der Waals surface area contributed by atoms with Crippen molar-refractivity contribution >= 4 is 5.97 Å². The van der Waals surface area contributed by atoms with Gasteiger partial charge in [0.15, 0.2) is 0 Å². The lowest BCUT2D eigenvalue weighted by molar-refractivity contribution is 0.0594. The van der Waals surface area contributed by atoms with E-state index in [0.29, 0.717) is 17.4 Å². The molecule has 1 saturated heterocycles. The molecular weight excluding hydrogens is 232 g/mol. The fourth-order valence-electron chi connectivity index (χ4n) is 2.06. The normalized spacial score (nSPS) is 20.4. The van der Waals surface area contributed by atoms with Gasteiger partial charge in [0.1, 0.15) is 17.5 Å². The highest BCUT2D eigenvalue weighted by Crippen LogP contribution is 2.19. The van der Waals surface area contributed by atoms with E-state index in [9.17, 15) is 4.79 Å². The van der Waals surface area contributed by atoms with Crippen LogP contribution in [-0.4, -0.2) is 37.3 Å². The van der Waals surface area contributed by atoms with Gasteiger partial charge in [0, 0.05) is 12.5 Å². The van der Waals surface area contributed by atoms with Crippen LogP contribution in [-0.2, 0) is 4.74 Å². The minimum atomic E-state index is -0.436. The van der Waals surface area contributed by atoms with E-state index in [1.807, 2.05) is 0 Å². The molecule has 1 aliphatic rings. The Morgan fingerprint density at radius 2 is 2.39 bits per heavy atom. The number of hydrogen-bond donors (Lipinski definition) is 1. The van der Waals surface area contributed by atoms with Gasteiger partial charge >= 0.3 is 5.97 Å². The van der Waals surface area contributed by atoms with Crippen molar-refractivity contribution in [3.8, 4) is 5.75 Å². The first-order valence-electron chi connectivity index (χ1n) is 6.12. The number of nitrogens with one attached hydrogen (secondary N) is 1. The van der Waals surface area contributed by atoms with Crippen LogP contribution < -0.4 is 10.1 Å². The van der Waals surface area contributed by atoms with E-state index in [4.69, 9.17) is 4.74 Å². The first kappa shape index (κ1) is 12.8. The molecule has 1 aromatic heterocycles. The average Bonchev–Trinajstić information content (AvgIpc) is 2.92. The van der Waals surface area contributed by atoms with E-state index in [1.165, 1.54) is 7.11 Å². The summed E-state index contributed by atoms with van der Waals surface area (Å²) in [7, 11) is 1.34. The largest absolute Gasteiger partial charge is 0.489 e. The number of aromatic nitrogens is 1. The molecular formula is C13H18N2O3. The van der Waals surface area contributed by atoms with Gasteiger partial charge in [-0.25, -0.2) is 9.78 Å². The summed E-state index contributed by atoms with van der Waals surface area (Å²) in [5.41, 5.74) is 0.292. The third kappa shape index (κ3) is 2.98. The second-order valence-electron chi connectivity index (χ2n) is 4.45. The van der Waals surface area contributed by atoms with Crippen LogP contribution >= 0.6 is 0 Å². The van der Waals surface area contributed by atoms with Crippen molar-refractivity contribution < 1.29 is 14.3 Å². The summed E-state index contributed by atoms with van der Waals surface area (Å²) in [6.45, 7) is 4.11. The molecule has 0 aliphatic carbocycles. The summed E-state index contributed by atoms with van der Waals surface area (Å²) in [6, 6.07) is 3.36. The maximum atomic E-state index is 11.2. The standard InChI is InChI=1S/C13H18N2O3/c1-9(10-5-6-14-7-10)18-11-3-4-12(15-8-11)13(16)17-2/h3-4,8-10,14H,5-7H2,1-2H3/t9?,10-/m1/s1. The van der Waals surface area contributed by atoms with E-state index in [0.717, 1.165) is 19.5 Å². The maximum Gasteiger partial charge on any atom is 0.356 e. The number of methoxy groups -OCH3 is 1. The van der Waals surface area contributed by atoms with Gasteiger partial charge in [-0.05, 0) is 32.0 Å². The summed E-state index contributed by atoms with van der Waals surface area (Å²) in [4.78, 5) is 15.2. The van der Waals surface area contributed by atoms with Crippen LogP contribution in [0.3, 0.4) is 0 Å². The summed E-state index contributed by atoms with van der Waals surface area (Å²) in [5.74, 6) is 0.780. The number of pyridine rings is 1. The highest BCUT2D eigenvalue weighted by atomic mass is 16.5. The minimum absolute atomic E-state index is 0.144. The van der Waals surface area contributed by atoms with Crippen molar-refractivity contribution in [1.82, 2.24) is 10.3 Å². The van der Waals surface area contributed by atoms with E-state index in [-0.39, 0.29) is 6.10 Å². The van der Waals surface area contributed by atoms with E-state index < -0.39 is 5.97 Å². The van der Waals surface area contributed by atoms with Gasteiger partial charge in [-0.1, -0.05) is 0 Å². The molecule has 0 spiro atoms. The number of ether oxygens (including phenoxy) is 2. The minimum Gasteiger partial charge on any atom is -0.489 e. The summed E-state index contributed by atoms with van der Waals surface area (Å²) in [6.07, 6.45) is 2.84. The molecule has 5 heteroatoms. The lowest BCUT2D eigenvalue weighted by Gasteiger charge is -2.19. The van der Waals surface area contributed by atoms with Crippen molar-refractivity contribution in [3.05, 3.63) is 24.0 Å². The van der Waals surface area contributed by atoms with Gasteiger partial charge in [-0.15, -0.1) is 0 Å². The quantitative estimate of drug-likeness (QED) is 0.815. The molecule has 1 unspecified atom stereocenters. The van der Waals surface area contributed by atoms with Crippen molar-refractivity contribution in [2.45, 2.75) is 19.4 Å². The predicted molar refractivity (Wildman–Crippen MR) is 66.6 cm³/mol. The number of carbonyl (C=O) groups excluding carboxylic acids is 1. The predicted octanol–water partition coefficient (Wildman–Crippen LogP) is 1.24. The number of esters is 1. The average molecular weight is 250 g/mol. The van der Waals surface area contributed by atoms with E-state index in [1.54, 1.807) is 18.3 Å². The summed E-state index contributed by atoms with van der Waals surface area (Å²) < 4.78 is 10.4. The van der Waals surface area contributed by atoms with Crippen LogP contribution in [0, 0.1) is 5.92 Å². The molecule has 1 fully saturated rings. The molecule has 2 heterocycles. The van der Waals surface area contributed by atoms with Gasteiger partial charge in [0.05, 0.1) is 13.3 Å². The highest BCUT2D eigenvalue weighted by molar-refractivity contribution is 5.87. The fourth-order valence-corrected chi connectivity index (χ4v) is 2.06. The topological polar surface area (TPSA) is 60.5 Å². The molecule has 1 aliphatic heterocycles. The SMILES string of the molecule is COC(=O)c1ccc(OC(C)[C@@H]2CCNC2)cn1. The van der Waals surface area contributed by atoms with Crippen LogP contribution in [0.2, 0.25) is 0 Å². The zero-order valence-corrected chi connectivity index (χ0v) is 10.7. The molecule has 18 heavy (non-hydrogen) atoms. The van der Waals surface area contributed by atoms with Crippen LogP contribution in [0.15, 0.2) is 18.3 Å². The number of rotatable bonds is 4. The first-order valence-corrected chi connectivity index (χ1v) is 6.12. The second kappa shape index (κ2) is 5.82. The Morgan fingerprint density at radius 1 is 1.56 bits per heavy atom. The van der Waals surface area contributed by atoms with Gasteiger partial charge in [-0.3, -0.25) is 0 Å². The van der Waals surface area contributed by atoms with E-state index >= 15 is 0 Å². The third-order valence-electron chi connectivity index (χ3n) is 3.22. The van der Waals surface area contributed by atoms with Crippen molar-refractivity contribution in [2.24, 2.45) is 5.92 Å². The van der Waals surface area contributed by atoms with Crippen LogP contribution in [0.1, 0.15) is 23.8 Å². The van der Waals surface area contributed by atoms with Gasteiger partial charge in [-0.2, -0.15) is 0 Å². The molecule has 5 nitrogen and oxygen atoms in total. The zero-order valence-electron chi connectivity index (χ0n) is 10.7. The zero-order chi connectivity index (χ0) is 13.0. The van der Waals surface area contributed by atoms with Gasteiger partial charge in [0.2, 0.25) is 0 Å². The lowest BCUT2D eigenvalue weighted by Crippen LogP contribution is -2.25. The molecule has 0 radical (unpaired) electrons. The Morgan fingerprint density at radius 3 is 2.94 bits per heavy atom. The van der Waals surface area contributed by atoms with E-state index in [2.05, 4.69) is 22.0 Å². The smallest absolute Gasteiger partial charge is 0.356 e. The lowest BCUT2D eigenvalue weighted by atomic mass is 10.0. The highest BCUT2D eigenvalue weighted by Gasteiger charge is 2.22. The molecule has 2 atom stereocenters. The maximum absolute atomic E-state index is 11.2. The molecule has 0 bridgehead atoms. The molecule has 2 rings (SSSR count). The number of carbonyl (C=O) groups is 1. The molecule has 0 amide bonds. The van der Waals surface area contributed by atoms with Crippen LogP contribution in [0.25, 0.3) is 0 Å². The van der Waals surface area contributed by atoms with Gasteiger partial charge in [0.25, 0.3) is 0 Å². The molecule has 1 N–H and O–H groups in total. The third-order valence-corrected chi connectivity index (χ3v) is 3.22. The van der Waals surface area contributed by atoms with Gasteiger partial charge < -0.3 is 14.8 Å². The Labute approximate surface area is 107 Å². The molecule has 98 valence electrons.